The molecule has 1 aromatic heterocycles. The van der Waals surface area contributed by atoms with E-state index < -0.39 is 17.6 Å². The van der Waals surface area contributed by atoms with Crippen LogP contribution in [0.3, 0.4) is 0 Å². The molecule has 0 saturated heterocycles. The molecule has 3 rings (SSSR count). The number of hydrogen-bond donors (Lipinski definition) is 1. The molecule has 0 bridgehead atoms. The number of anilines is 1. The Kier molecular flexibility index (Phi) is 4.78. The van der Waals surface area contributed by atoms with Gasteiger partial charge in [0.25, 0.3) is 5.91 Å². The largest absolute Gasteiger partial charge is 0.416 e. The molecule has 27 heavy (non-hydrogen) atoms. The van der Waals surface area contributed by atoms with E-state index >= 15 is 0 Å². The second-order valence-electron chi connectivity index (χ2n) is 6.37. The van der Waals surface area contributed by atoms with Gasteiger partial charge in [0.1, 0.15) is 0 Å². The molecular formula is C20H18F3N3O. The number of nitrogens with zero attached hydrogens (tertiary/aromatic N) is 2. The third-order valence-electron chi connectivity index (χ3n) is 4.39. The lowest BCUT2D eigenvalue weighted by Crippen LogP contribution is -2.13. The molecule has 0 radical (unpaired) electrons. The molecule has 0 saturated carbocycles. The third kappa shape index (κ3) is 4.02. The molecule has 0 aliphatic heterocycles. The summed E-state index contributed by atoms with van der Waals surface area (Å²) in [4.78, 5) is 12.4. The average molecular weight is 373 g/mol. The third-order valence-corrected chi connectivity index (χ3v) is 4.39. The minimum Gasteiger partial charge on any atom is -0.321 e. The van der Waals surface area contributed by atoms with Crippen LogP contribution in [0.1, 0.15) is 27.2 Å². The van der Waals surface area contributed by atoms with Crippen LogP contribution >= 0.6 is 0 Å². The van der Waals surface area contributed by atoms with Crippen LogP contribution < -0.4 is 5.32 Å². The number of carbonyl (C=O) groups is 1. The van der Waals surface area contributed by atoms with E-state index in [1.54, 1.807) is 17.8 Å². The number of hydrogen-bond acceptors (Lipinski definition) is 2. The number of benzene rings is 2. The van der Waals surface area contributed by atoms with Gasteiger partial charge in [-0.2, -0.15) is 18.3 Å². The Morgan fingerprint density at radius 2 is 1.67 bits per heavy atom. The van der Waals surface area contributed by atoms with Crippen LogP contribution in [-0.2, 0) is 13.2 Å². The van der Waals surface area contributed by atoms with Crippen molar-refractivity contribution in [2.75, 3.05) is 5.32 Å². The standard InChI is InChI=1S/C20H18F3N3O/c1-12-4-5-14(10-13(12)2)18-11-17(25-26(18)3)19(27)24-16-8-6-15(7-9-16)20(21,22)23/h4-11H,1-3H3,(H,24,27). The summed E-state index contributed by atoms with van der Waals surface area (Å²) < 4.78 is 39.4. The van der Waals surface area contributed by atoms with Crippen molar-refractivity contribution < 1.29 is 18.0 Å². The van der Waals surface area contributed by atoms with Crippen LogP contribution in [0.5, 0.6) is 0 Å². The number of aromatic nitrogens is 2. The van der Waals surface area contributed by atoms with Gasteiger partial charge in [0, 0.05) is 18.3 Å². The van der Waals surface area contributed by atoms with Gasteiger partial charge < -0.3 is 5.32 Å². The zero-order valence-electron chi connectivity index (χ0n) is 15.1. The number of amides is 1. The van der Waals surface area contributed by atoms with E-state index in [0.717, 1.165) is 29.0 Å². The van der Waals surface area contributed by atoms with E-state index in [9.17, 15) is 18.0 Å². The number of aryl methyl sites for hydroxylation is 3. The summed E-state index contributed by atoms with van der Waals surface area (Å²) in [5.74, 6) is -0.486. The maximum Gasteiger partial charge on any atom is 0.416 e. The molecule has 140 valence electrons. The summed E-state index contributed by atoms with van der Waals surface area (Å²) in [6.07, 6.45) is -4.41. The lowest BCUT2D eigenvalue weighted by atomic mass is 10.0. The van der Waals surface area contributed by atoms with Crippen molar-refractivity contribution in [2.45, 2.75) is 20.0 Å². The van der Waals surface area contributed by atoms with Gasteiger partial charge in [-0.05, 0) is 61.4 Å². The van der Waals surface area contributed by atoms with Crippen molar-refractivity contribution in [3.8, 4) is 11.3 Å². The zero-order valence-corrected chi connectivity index (χ0v) is 15.1. The molecule has 2 aromatic carbocycles. The quantitative estimate of drug-likeness (QED) is 0.704. The predicted octanol–water partition coefficient (Wildman–Crippen LogP) is 4.98. The van der Waals surface area contributed by atoms with Gasteiger partial charge in [-0.25, -0.2) is 0 Å². The van der Waals surface area contributed by atoms with Crippen molar-refractivity contribution in [3.63, 3.8) is 0 Å². The van der Waals surface area contributed by atoms with E-state index in [1.807, 2.05) is 32.0 Å². The van der Waals surface area contributed by atoms with Crippen molar-refractivity contribution in [1.29, 1.82) is 0 Å². The van der Waals surface area contributed by atoms with Crippen molar-refractivity contribution in [3.05, 3.63) is 70.9 Å². The molecule has 0 aliphatic rings. The Bertz CT molecular complexity index is 989. The number of carbonyl (C=O) groups excluding carboxylic acids is 1. The summed E-state index contributed by atoms with van der Waals surface area (Å²) in [5.41, 5.74) is 3.69. The lowest BCUT2D eigenvalue weighted by molar-refractivity contribution is -0.137. The predicted molar refractivity (Wildman–Crippen MR) is 97.5 cm³/mol. The van der Waals surface area contributed by atoms with Crippen LogP contribution in [0.2, 0.25) is 0 Å². The molecule has 0 aliphatic carbocycles. The maximum atomic E-state index is 12.6. The van der Waals surface area contributed by atoms with E-state index in [2.05, 4.69) is 10.4 Å². The first-order chi connectivity index (χ1) is 12.6. The molecule has 0 spiro atoms. The molecular weight excluding hydrogens is 355 g/mol. The van der Waals surface area contributed by atoms with E-state index in [-0.39, 0.29) is 11.4 Å². The Morgan fingerprint density at radius 1 is 1.00 bits per heavy atom. The first-order valence-electron chi connectivity index (χ1n) is 8.25. The van der Waals surface area contributed by atoms with Crippen molar-refractivity contribution in [1.82, 2.24) is 9.78 Å². The molecule has 3 aromatic rings. The van der Waals surface area contributed by atoms with Gasteiger partial charge in [-0.15, -0.1) is 0 Å². The van der Waals surface area contributed by atoms with Crippen LogP contribution in [0.25, 0.3) is 11.3 Å². The van der Waals surface area contributed by atoms with Gasteiger partial charge in [0.05, 0.1) is 11.3 Å². The molecule has 0 unspecified atom stereocenters. The summed E-state index contributed by atoms with van der Waals surface area (Å²) >= 11 is 0. The smallest absolute Gasteiger partial charge is 0.321 e. The van der Waals surface area contributed by atoms with Gasteiger partial charge in [0.15, 0.2) is 5.69 Å². The maximum absolute atomic E-state index is 12.6. The minimum atomic E-state index is -4.41. The average Bonchev–Trinajstić information content (AvgIpc) is 2.99. The number of nitrogens with one attached hydrogen (secondary N) is 1. The molecule has 7 heteroatoms. The fraction of sp³-hybridized carbons (Fsp3) is 0.200. The van der Waals surface area contributed by atoms with E-state index in [0.29, 0.717) is 0 Å². The summed E-state index contributed by atoms with van der Waals surface area (Å²) in [6, 6.07) is 11.9. The normalized spacial score (nSPS) is 11.5. The minimum absolute atomic E-state index is 0.186. The Labute approximate surface area is 154 Å². The molecule has 1 N–H and O–H groups in total. The van der Waals surface area contributed by atoms with Crippen LogP contribution in [0.4, 0.5) is 18.9 Å². The molecule has 1 heterocycles. The monoisotopic (exact) mass is 373 g/mol. The van der Waals surface area contributed by atoms with Gasteiger partial charge in [-0.1, -0.05) is 12.1 Å². The number of rotatable bonds is 3. The van der Waals surface area contributed by atoms with Gasteiger partial charge >= 0.3 is 6.18 Å². The Balaban J connectivity index is 1.81. The molecule has 0 atom stereocenters. The van der Waals surface area contributed by atoms with Crippen LogP contribution in [-0.4, -0.2) is 15.7 Å². The first-order valence-corrected chi connectivity index (χ1v) is 8.25. The highest BCUT2D eigenvalue weighted by Crippen LogP contribution is 2.30. The summed E-state index contributed by atoms with van der Waals surface area (Å²) in [7, 11) is 1.74. The second-order valence-corrected chi connectivity index (χ2v) is 6.37. The highest BCUT2D eigenvalue weighted by Gasteiger charge is 2.30. The Hall–Kier alpha value is -3.09. The van der Waals surface area contributed by atoms with Crippen LogP contribution in [0, 0.1) is 13.8 Å². The highest BCUT2D eigenvalue weighted by atomic mass is 19.4. The van der Waals surface area contributed by atoms with Gasteiger partial charge in [0.2, 0.25) is 0 Å². The number of halogens is 3. The first kappa shape index (κ1) is 18.7. The Morgan fingerprint density at radius 3 is 2.26 bits per heavy atom. The number of alkyl halides is 3. The fourth-order valence-corrected chi connectivity index (χ4v) is 2.69. The summed E-state index contributed by atoms with van der Waals surface area (Å²) in [6.45, 7) is 4.03. The molecule has 1 amide bonds. The highest BCUT2D eigenvalue weighted by molar-refractivity contribution is 6.03. The molecule has 4 nitrogen and oxygen atoms in total. The summed E-state index contributed by atoms with van der Waals surface area (Å²) in [5, 5.41) is 6.78. The molecule has 0 fully saturated rings. The zero-order chi connectivity index (χ0) is 19.8. The lowest BCUT2D eigenvalue weighted by Gasteiger charge is -2.08. The van der Waals surface area contributed by atoms with Crippen molar-refractivity contribution >= 4 is 11.6 Å². The van der Waals surface area contributed by atoms with E-state index in [1.165, 1.54) is 17.7 Å². The van der Waals surface area contributed by atoms with Gasteiger partial charge in [-0.3, -0.25) is 9.48 Å². The second kappa shape index (κ2) is 6.90. The van der Waals surface area contributed by atoms with Crippen LogP contribution in [0.15, 0.2) is 48.5 Å². The SMILES string of the molecule is Cc1ccc(-c2cc(C(=O)Nc3ccc(C(F)(F)F)cc3)nn2C)cc1C. The topological polar surface area (TPSA) is 46.9 Å². The van der Waals surface area contributed by atoms with Crippen molar-refractivity contribution in [2.24, 2.45) is 7.05 Å². The fourth-order valence-electron chi connectivity index (χ4n) is 2.69. The van der Waals surface area contributed by atoms with E-state index in [4.69, 9.17) is 0 Å².